The van der Waals surface area contributed by atoms with E-state index in [1.807, 2.05) is 0 Å². The van der Waals surface area contributed by atoms with E-state index in [0.29, 0.717) is 12.8 Å². The Labute approximate surface area is 172 Å². The highest BCUT2D eigenvalue weighted by Gasteiger charge is 2.46. The van der Waals surface area contributed by atoms with Gasteiger partial charge in [-0.15, -0.1) is 0 Å². The van der Waals surface area contributed by atoms with E-state index in [9.17, 15) is 24.6 Å². The topological polar surface area (TPSA) is 121 Å². The van der Waals surface area contributed by atoms with Gasteiger partial charge < -0.3 is 20.1 Å². The largest absolute Gasteiger partial charge is 0.481 e. The van der Waals surface area contributed by atoms with E-state index >= 15 is 0 Å². The lowest BCUT2D eigenvalue weighted by Gasteiger charge is -2.22. The molecular weight excluding hydrogens is 376 g/mol. The van der Waals surface area contributed by atoms with Crippen molar-refractivity contribution in [2.24, 2.45) is 11.8 Å². The zero-order chi connectivity index (χ0) is 22.0. The van der Waals surface area contributed by atoms with Gasteiger partial charge in [0.05, 0.1) is 11.7 Å². The Balaban J connectivity index is 2.78. The first kappa shape index (κ1) is 25.0. The summed E-state index contributed by atoms with van der Waals surface area (Å²) >= 11 is 0. The summed E-state index contributed by atoms with van der Waals surface area (Å²) < 4.78 is 5.35. The Morgan fingerprint density at radius 1 is 1.34 bits per heavy atom. The molecule has 0 amide bonds. The van der Waals surface area contributed by atoms with E-state index in [0.717, 1.165) is 19.3 Å². The number of carbonyl (C=O) groups is 3. The van der Waals surface area contributed by atoms with E-state index in [2.05, 4.69) is 13.5 Å². The van der Waals surface area contributed by atoms with Gasteiger partial charge in [0, 0.05) is 18.8 Å². The molecule has 0 aliphatic heterocycles. The Hall–Kier alpha value is -1.99. The molecule has 5 atom stereocenters. The molecule has 0 bridgehead atoms. The number of ketones is 1. The van der Waals surface area contributed by atoms with Crippen LogP contribution in [0.15, 0.2) is 24.8 Å². The second kappa shape index (κ2) is 11.9. The van der Waals surface area contributed by atoms with E-state index < -0.39 is 47.4 Å². The number of unbranched alkanes of at least 4 members (excludes halogenated alkanes) is 2. The second-order valence-corrected chi connectivity index (χ2v) is 7.96. The summed E-state index contributed by atoms with van der Waals surface area (Å²) in [7, 11) is 0. The van der Waals surface area contributed by atoms with E-state index in [4.69, 9.17) is 9.84 Å². The summed E-state index contributed by atoms with van der Waals surface area (Å²) in [5, 5.41) is 29.4. The van der Waals surface area contributed by atoms with Gasteiger partial charge >= 0.3 is 11.9 Å². The highest BCUT2D eigenvalue weighted by molar-refractivity contribution is 6.01. The molecule has 0 radical (unpaired) electrons. The minimum atomic E-state index is -1.14. The van der Waals surface area contributed by atoms with Crippen LogP contribution in [0.5, 0.6) is 0 Å². The molecule has 164 valence electrons. The van der Waals surface area contributed by atoms with Crippen molar-refractivity contribution in [3.05, 3.63) is 24.8 Å². The molecule has 0 spiro atoms. The van der Waals surface area contributed by atoms with E-state index in [-0.39, 0.29) is 19.3 Å². The van der Waals surface area contributed by atoms with Crippen LogP contribution in [0.2, 0.25) is 0 Å². The Bertz CT molecular complexity index is 608. The number of aliphatic hydroxyl groups is 2. The van der Waals surface area contributed by atoms with Gasteiger partial charge in [0.1, 0.15) is 17.8 Å². The van der Waals surface area contributed by atoms with Crippen LogP contribution in [0.25, 0.3) is 0 Å². The van der Waals surface area contributed by atoms with Crippen LogP contribution >= 0.6 is 0 Å². The van der Waals surface area contributed by atoms with Crippen LogP contribution in [0.3, 0.4) is 0 Å². The van der Waals surface area contributed by atoms with Gasteiger partial charge in [0.2, 0.25) is 0 Å². The number of aliphatic hydroxyl groups excluding tert-OH is 1. The molecule has 29 heavy (non-hydrogen) atoms. The van der Waals surface area contributed by atoms with Crippen molar-refractivity contribution in [1.29, 1.82) is 0 Å². The maximum atomic E-state index is 12.6. The fourth-order valence-electron chi connectivity index (χ4n) is 3.47. The number of carbonyl (C=O) groups excluding carboxylic acids is 2. The lowest BCUT2D eigenvalue weighted by Crippen LogP contribution is -2.31. The lowest BCUT2D eigenvalue weighted by atomic mass is 9.90. The van der Waals surface area contributed by atoms with Gasteiger partial charge in [-0.25, -0.2) is 0 Å². The molecule has 0 saturated heterocycles. The number of carboxylic acids is 1. The van der Waals surface area contributed by atoms with Crippen molar-refractivity contribution in [3.8, 4) is 0 Å². The van der Waals surface area contributed by atoms with Gasteiger partial charge in [-0.3, -0.25) is 14.4 Å². The fraction of sp³-hybridized carbons (Fsp3) is 0.682. The first-order valence-electron chi connectivity index (χ1n) is 10.3. The molecule has 1 aliphatic rings. The average molecular weight is 411 g/mol. The SMILES string of the molecule is C=CC(CCCC(=O)O)OC(=O)[C@H]1C(=O)C[C@@H](O)[C@@H]1/C=C/[C@@](C)(O)CCCCC. The normalized spacial score (nSPS) is 25.0. The molecule has 7 nitrogen and oxygen atoms in total. The number of rotatable bonds is 13. The molecular formula is C22H34O7. The standard InChI is InChI=1S/C22H34O7/c1-4-6-7-12-22(3,28)13-11-16-17(23)14-18(24)20(16)21(27)29-15(5-2)9-8-10-19(25)26/h5,11,13,15-17,20,23,28H,2,4,6-10,12,14H2,1,3H3,(H,25,26)/b13-11+/t15?,16-,17+,20+,22-/m0/s1. The quantitative estimate of drug-likeness (QED) is 0.185. The third-order valence-corrected chi connectivity index (χ3v) is 5.21. The fourth-order valence-corrected chi connectivity index (χ4v) is 3.47. The minimum absolute atomic E-state index is 0.0541. The number of ether oxygens (including phenoxy) is 1. The molecule has 0 aromatic carbocycles. The van der Waals surface area contributed by atoms with Crippen LogP contribution < -0.4 is 0 Å². The Morgan fingerprint density at radius 3 is 2.62 bits per heavy atom. The van der Waals surface area contributed by atoms with Crippen LogP contribution in [-0.2, 0) is 19.1 Å². The molecule has 3 N–H and O–H groups in total. The van der Waals surface area contributed by atoms with Crippen molar-refractivity contribution in [2.45, 2.75) is 83.0 Å². The van der Waals surface area contributed by atoms with E-state index in [1.54, 1.807) is 19.1 Å². The first-order chi connectivity index (χ1) is 13.6. The third kappa shape index (κ3) is 8.50. The van der Waals surface area contributed by atoms with E-state index in [1.165, 1.54) is 6.08 Å². The van der Waals surface area contributed by atoms with Gasteiger partial charge in [-0.2, -0.15) is 0 Å². The molecule has 1 aliphatic carbocycles. The predicted molar refractivity (Wildman–Crippen MR) is 108 cm³/mol. The highest BCUT2D eigenvalue weighted by Crippen LogP contribution is 2.33. The molecule has 1 unspecified atom stereocenters. The zero-order valence-electron chi connectivity index (χ0n) is 17.4. The lowest BCUT2D eigenvalue weighted by molar-refractivity contribution is -0.155. The summed E-state index contributed by atoms with van der Waals surface area (Å²) in [5.74, 6) is -4.01. The molecule has 1 fully saturated rings. The number of hydrogen-bond acceptors (Lipinski definition) is 6. The second-order valence-electron chi connectivity index (χ2n) is 7.96. The number of Topliss-reactive ketones (excluding diaryl/α,β-unsaturated/α-hetero) is 1. The van der Waals surface area contributed by atoms with Crippen molar-refractivity contribution >= 4 is 17.7 Å². The average Bonchev–Trinajstić information content (AvgIpc) is 2.92. The third-order valence-electron chi connectivity index (χ3n) is 5.21. The summed E-state index contributed by atoms with van der Waals surface area (Å²) in [6.45, 7) is 7.32. The number of aliphatic carboxylic acids is 1. The molecule has 1 saturated carbocycles. The summed E-state index contributed by atoms with van der Waals surface area (Å²) in [6, 6.07) is 0. The maximum absolute atomic E-state index is 12.6. The van der Waals surface area contributed by atoms with Crippen LogP contribution in [0, 0.1) is 11.8 Å². The highest BCUT2D eigenvalue weighted by atomic mass is 16.5. The van der Waals surface area contributed by atoms with Gasteiger partial charge in [-0.05, 0) is 26.2 Å². The number of carboxylic acid groups (broad SMARTS) is 1. The maximum Gasteiger partial charge on any atom is 0.317 e. The zero-order valence-corrected chi connectivity index (χ0v) is 17.4. The Morgan fingerprint density at radius 2 is 2.03 bits per heavy atom. The first-order valence-corrected chi connectivity index (χ1v) is 10.3. The monoisotopic (exact) mass is 410 g/mol. The molecule has 7 heteroatoms. The van der Waals surface area contributed by atoms with Crippen molar-refractivity contribution in [2.75, 3.05) is 0 Å². The smallest absolute Gasteiger partial charge is 0.317 e. The summed E-state index contributed by atoms with van der Waals surface area (Å²) in [4.78, 5) is 35.5. The number of esters is 1. The van der Waals surface area contributed by atoms with Crippen molar-refractivity contribution < 1.29 is 34.4 Å². The van der Waals surface area contributed by atoms with Crippen LogP contribution in [0.4, 0.5) is 0 Å². The molecule has 0 heterocycles. The minimum Gasteiger partial charge on any atom is -0.481 e. The Kier molecular flexibility index (Phi) is 10.3. The van der Waals surface area contributed by atoms with Gasteiger partial charge in [-0.1, -0.05) is 51.0 Å². The van der Waals surface area contributed by atoms with Crippen molar-refractivity contribution in [3.63, 3.8) is 0 Å². The van der Waals surface area contributed by atoms with Gasteiger partial charge in [0.15, 0.2) is 0 Å². The summed E-state index contributed by atoms with van der Waals surface area (Å²) in [6.07, 6.45) is 6.59. The van der Waals surface area contributed by atoms with Crippen molar-refractivity contribution in [1.82, 2.24) is 0 Å². The van der Waals surface area contributed by atoms with Gasteiger partial charge in [0.25, 0.3) is 0 Å². The molecule has 0 aromatic heterocycles. The summed E-state index contributed by atoms with van der Waals surface area (Å²) in [5.41, 5.74) is -1.09. The molecule has 0 aromatic rings. The van der Waals surface area contributed by atoms with Crippen LogP contribution in [-0.4, -0.2) is 50.9 Å². The number of hydrogen-bond donors (Lipinski definition) is 3. The van der Waals surface area contributed by atoms with Crippen LogP contribution in [0.1, 0.15) is 65.2 Å². The molecule has 1 rings (SSSR count). The predicted octanol–water partition coefficient (Wildman–Crippen LogP) is 2.79.